The average Bonchev–Trinajstić information content (AvgIpc) is 3.05. The van der Waals surface area contributed by atoms with Crippen LogP contribution in [0.1, 0.15) is 21.6 Å². The summed E-state index contributed by atoms with van der Waals surface area (Å²) >= 11 is 6.08. The van der Waals surface area contributed by atoms with E-state index < -0.39 is 5.97 Å². The van der Waals surface area contributed by atoms with Crippen LogP contribution in [0.5, 0.6) is 0 Å². The smallest absolute Gasteiger partial charge is 0.307 e. The van der Waals surface area contributed by atoms with Crippen molar-refractivity contribution < 1.29 is 14.7 Å². The van der Waals surface area contributed by atoms with Crippen LogP contribution in [-0.2, 0) is 11.2 Å². The lowest BCUT2D eigenvalue weighted by Gasteiger charge is -2.06. The minimum atomic E-state index is -0.980. The summed E-state index contributed by atoms with van der Waals surface area (Å²) in [5.41, 5.74) is 3.81. The van der Waals surface area contributed by atoms with Gasteiger partial charge in [0.1, 0.15) is 0 Å². The Bertz CT molecular complexity index is 1210. The van der Waals surface area contributed by atoms with Crippen molar-refractivity contribution in [3.05, 3.63) is 94.6 Å². The van der Waals surface area contributed by atoms with Crippen molar-refractivity contribution in [2.75, 3.05) is 0 Å². The van der Waals surface area contributed by atoms with E-state index in [0.717, 1.165) is 22.0 Å². The number of rotatable bonds is 5. The van der Waals surface area contributed by atoms with E-state index in [0.29, 0.717) is 21.8 Å². The van der Waals surface area contributed by atoms with Gasteiger partial charge in [0, 0.05) is 27.1 Å². The molecule has 4 rings (SSSR count). The highest BCUT2D eigenvalue weighted by atomic mass is 35.5. The van der Waals surface area contributed by atoms with Crippen molar-refractivity contribution in [2.24, 2.45) is 0 Å². The third kappa shape index (κ3) is 3.42. The van der Waals surface area contributed by atoms with Gasteiger partial charge in [0.05, 0.1) is 12.1 Å². The molecule has 138 valence electrons. The van der Waals surface area contributed by atoms with Crippen molar-refractivity contribution in [1.82, 2.24) is 4.98 Å². The first kappa shape index (κ1) is 18.0. The topological polar surface area (TPSA) is 70.2 Å². The van der Waals surface area contributed by atoms with Crippen LogP contribution in [-0.4, -0.2) is 21.8 Å². The van der Waals surface area contributed by atoms with Crippen molar-refractivity contribution in [3.8, 4) is 11.1 Å². The van der Waals surface area contributed by atoms with Crippen LogP contribution in [0.25, 0.3) is 22.0 Å². The predicted octanol–water partition coefficient (Wildman–Crippen LogP) is 5.35. The Balaban J connectivity index is 1.80. The van der Waals surface area contributed by atoms with E-state index in [2.05, 4.69) is 4.98 Å². The zero-order chi connectivity index (χ0) is 19.7. The number of aromatic amines is 1. The molecule has 0 unspecified atom stereocenters. The number of aliphatic carboxylic acids is 1. The third-order valence-corrected chi connectivity index (χ3v) is 4.89. The van der Waals surface area contributed by atoms with Gasteiger partial charge in [-0.1, -0.05) is 60.1 Å². The maximum Gasteiger partial charge on any atom is 0.307 e. The third-order valence-electron chi connectivity index (χ3n) is 4.65. The standard InChI is InChI=1S/C23H16ClNO3/c24-17-8-4-6-15(12-17)14-5-3-7-16(11-14)23(28)22-19(13-21(26)27)18-9-1-2-10-20(18)25-22/h1-12,25H,13H2,(H,26,27). The molecule has 0 saturated heterocycles. The zero-order valence-corrected chi connectivity index (χ0v) is 15.5. The normalized spacial score (nSPS) is 10.9. The molecule has 0 spiro atoms. The second kappa shape index (κ2) is 7.33. The molecule has 4 aromatic rings. The molecule has 4 nitrogen and oxygen atoms in total. The fourth-order valence-corrected chi connectivity index (χ4v) is 3.57. The van der Waals surface area contributed by atoms with E-state index in [1.165, 1.54) is 0 Å². The highest BCUT2D eigenvalue weighted by Gasteiger charge is 2.21. The number of hydrogen-bond acceptors (Lipinski definition) is 2. The lowest BCUT2D eigenvalue weighted by molar-refractivity contribution is -0.136. The second-order valence-corrected chi connectivity index (χ2v) is 6.95. The number of carboxylic acids is 1. The molecule has 0 aliphatic rings. The molecular weight excluding hydrogens is 374 g/mol. The van der Waals surface area contributed by atoms with Crippen molar-refractivity contribution in [3.63, 3.8) is 0 Å². The maximum absolute atomic E-state index is 13.2. The van der Waals surface area contributed by atoms with Gasteiger partial charge in [0.15, 0.2) is 0 Å². The van der Waals surface area contributed by atoms with Gasteiger partial charge >= 0.3 is 5.97 Å². The molecule has 1 heterocycles. The van der Waals surface area contributed by atoms with Crippen molar-refractivity contribution in [2.45, 2.75) is 6.42 Å². The molecule has 28 heavy (non-hydrogen) atoms. The minimum Gasteiger partial charge on any atom is -0.481 e. The number of benzene rings is 3. The summed E-state index contributed by atoms with van der Waals surface area (Å²) in [6, 6.07) is 22.0. The van der Waals surface area contributed by atoms with Gasteiger partial charge in [-0.3, -0.25) is 9.59 Å². The zero-order valence-electron chi connectivity index (χ0n) is 14.8. The van der Waals surface area contributed by atoms with Crippen LogP contribution in [0.15, 0.2) is 72.8 Å². The van der Waals surface area contributed by atoms with E-state index in [1.54, 1.807) is 18.2 Å². The Morgan fingerprint density at radius 2 is 1.61 bits per heavy atom. The highest BCUT2D eigenvalue weighted by Crippen LogP contribution is 2.28. The summed E-state index contributed by atoms with van der Waals surface area (Å²) in [4.78, 5) is 27.7. The quantitative estimate of drug-likeness (QED) is 0.452. The van der Waals surface area contributed by atoms with Crippen LogP contribution in [0, 0.1) is 0 Å². The van der Waals surface area contributed by atoms with Gasteiger partial charge in [-0.25, -0.2) is 0 Å². The minimum absolute atomic E-state index is 0.223. The van der Waals surface area contributed by atoms with E-state index >= 15 is 0 Å². The molecule has 0 bridgehead atoms. The van der Waals surface area contributed by atoms with Gasteiger partial charge in [-0.05, 0) is 35.4 Å². The SMILES string of the molecule is O=C(O)Cc1c(C(=O)c2cccc(-c3cccc(Cl)c3)c2)[nH]c2ccccc12. The van der Waals surface area contributed by atoms with Crippen molar-refractivity contribution >= 4 is 34.3 Å². The Kier molecular flexibility index (Phi) is 4.72. The van der Waals surface area contributed by atoms with Gasteiger partial charge in [0.25, 0.3) is 0 Å². The van der Waals surface area contributed by atoms with Crippen LogP contribution in [0.4, 0.5) is 0 Å². The van der Waals surface area contributed by atoms with Gasteiger partial charge in [-0.2, -0.15) is 0 Å². The summed E-state index contributed by atoms with van der Waals surface area (Å²) in [7, 11) is 0. The molecule has 0 radical (unpaired) electrons. The van der Waals surface area contributed by atoms with Crippen LogP contribution in [0.2, 0.25) is 5.02 Å². The molecule has 0 saturated carbocycles. The molecule has 0 fully saturated rings. The second-order valence-electron chi connectivity index (χ2n) is 6.51. The predicted molar refractivity (Wildman–Crippen MR) is 110 cm³/mol. The number of ketones is 1. The summed E-state index contributed by atoms with van der Waals surface area (Å²) in [5.74, 6) is -1.22. The van der Waals surface area contributed by atoms with Gasteiger partial charge in [0.2, 0.25) is 5.78 Å². The monoisotopic (exact) mass is 389 g/mol. The number of carboxylic acid groups (broad SMARTS) is 1. The van der Waals surface area contributed by atoms with E-state index in [-0.39, 0.29) is 12.2 Å². The first-order valence-electron chi connectivity index (χ1n) is 8.75. The number of para-hydroxylation sites is 1. The lowest BCUT2D eigenvalue weighted by atomic mass is 9.98. The van der Waals surface area contributed by atoms with E-state index in [4.69, 9.17) is 11.6 Å². The molecule has 0 amide bonds. The molecule has 0 aliphatic heterocycles. The number of aromatic nitrogens is 1. The fraction of sp³-hybridized carbons (Fsp3) is 0.0435. The molecule has 0 atom stereocenters. The summed E-state index contributed by atoms with van der Waals surface area (Å²) in [5, 5.41) is 10.7. The molecule has 3 aromatic carbocycles. The summed E-state index contributed by atoms with van der Waals surface area (Å²) in [6.07, 6.45) is -0.223. The number of carbonyl (C=O) groups excluding carboxylic acids is 1. The summed E-state index contributed by atoms with van der Waals surface area (Å²) in [6.45, 7) is 0. The van der Waals surface area contributed by atoms with Crippen LogP contribution in [0.3, 0.4) is 0 Å². The van der Waals surface area contributed by atoms with Crippen LogP contribution >= 0.6 is 11.6 Å². The number of hydrogen-bond donors (Lipinski definition) is 2. The number of halogens is 1. The van der Waals surface area contributed by atoms with Crippen molar-refractivity contribution in [1.29, 1.82) is 0 Å². The molecule has 5 heteroatoms. The Morgan fingerprint density at radius 1 is 0.893 bits per heavy atom. The number of carbonyl (C=O) groups is 2. The number of fused-ring (bicyclic) bond motifs is 1. The first-order valence-corrected chi connectivity index (χ1v) is 9.13. The van der Waals surface area contributed by atoms with E-state index in [9.17, 15) is 14.7 Å². The largest absolute Gasteiger partial charge is 0.481 e. The fourth-order valence-electron chi connectivity index (χ4n) is 3.38. The summed E-state index contributed by atoms with van der Waals surface area (Å²) < 4.78 is 0. The molecule has 1 aromatic heterocycles. The molecule has 2 N–H and O–H groups in total. The molecular formula is C23H16ClNO3. The number of H-pyrrole nitrogens is 1. The highest BCUT2D eigenvalue weighted by molar-refractivity contribution is 6.30. The van der Waals surface area contributed by atoms with Gasteiger partial charge < -0.3 is 10.1 Å². The van der Waals surface area contributed by atoms with Gasteiger partial charge in [-0.15, -0.1) is 0 Å². The number of nitrogens with one attached hydrogen (secondary N) is 1. The van der Waals surface area contributed by atoms with E-state index in [1.807, 2.05) is 54.6 Å². The Labute approximate surface area is 166 Å². The Morgan fingerprint density at radius 3 is 2.36 bits per heavy atom. The Hall–Kier alpha value is -3.37. The van der Waals surface area contributed by atoms with Crippen LogP contribution < -0.4 is 0 Å². The average molecular weight is 390 g/mol. The molecule has 0 aliphatic carbocycles. The lowest BCUT2D eigenvalue weighted by Crippen LogP contribution is -2.09. The maximum atomic E-state index is 13.2. The first-order chi connectivity index (χ1) is 13.5.